The Morgan fingerprint density at radius 3 is 2.69 bits per heavy atom. The van der Waals surface area contributed by atoms with E-state index in [9.17, 15) is 0 Å². The molecule has 0 aliphatic heterocycles. The van der Waals surface area contributed by atoms with Gasteiger partial charge in [0.2, 0.25) is 0 Å². The van der Waals surface area contributed by atoms with Gasteiger partial charge in [0.05, 0.1) is 6.61 Å². The van der Waals surface area contributed by atoms with Crippen LogP contribution < -0.4 is 5.73 Å². The van der Waals surface area contributed by atoms with Crippen molar-refractivity contribution < 1.29 is 4.74 Å². The molecule has 0 amide bonds. The number of thioether (sulfide) groups is 1. The lowest BCUT2D eigenvalue weighted by atomic mass is 9.88. The van der Waals surface area contributed by atoms with Crippen LogP contribution in [0.5, 0.6) is 0 Å². The number of rotatable bonds is 4. The predicted molar refractivity (Wildman–Crippen MR) is 59.1 cm³/mol. The van der Waals surface area contributed by atoms with E-state index in [1.165, 1.54) is 12.8 Å². The third-order valence-corrected chi connectivity index (χ3v) is 4.35. The first-order valence-corrected chi connectivity index (χ1v) is 5.99. The molecule has 0 saturated heterocycles. The molecule has 1 fully saturated rings. The quantitative estimate of drug-likeness (QED) is 0.709. The van der Waals surface area contributed by atoms with E-state index in [-0.39, 0.29) is 0 Å². The molecule has 1 rings (SSSR count). The Bertz CT molecular complexity index is 161. The maximum absolute atomic E-state index is 6.18. The van der Waals surface area contributed by atoms with Crippen molar-refractivity contribution in [2.75, 3.05) is 19.5 Å². The maximum atomic E-state index is 6.18. The first-order chi connectivity index (χ1) is 6.08. The second-order valence-electron chi connectivity index (χ2n) is 4.46. The molecule has 0 aromatic carbocycles. The monoisotopic (exact) mass is 203 g/mol. The van der Waals surface area contributed by atoms with Gasteiger partial charge >= 0.3 is 0 Å². The molecule has 0 heterocycles. The molecule has 2 unspecified atom stereocenters. The third-order valence-electron chi connectivity index (χ3n) is 3.00. The van der Waals surface area contributed by atoms with Crippen LogP contribution >= 0.6 is 11.8 Å². The van der Waals surface area contributed by atoms with E-state index in [0.717, 1.165) is 12.4 Å². The van der Waals surface area contributed by atoms with Crippen molar-refractivity contribution in [2.24, 2.45) is 11.1 Å². The molecule has 0 bridgehead atoms. The highest BCUT2D eigenvalue weighted by Crippen LogP contribution is 2.41. The lowest BCUT2D eigenvalue weighted by Crippen LogP contribution is -2.38. The highest BCUT2D eigenvalue weighted by molar-refractivity contribution is 8.00. The molecule has 1 aliphatic carbocycles. The van der Waals surface area contributed by atoms with Crippen LogP contribution in [0.25, 0.3) is 0 Å². The Morgan fingerprint density at radius 2 is 2.23 bits per heavy atom. The fourth-order valence-corrected chi connectivity index (χ4v) is 3.26. The van der Waals surface area contributed by atoms with Gasteiger partial charge in [-0.3, -0.25) is 0 Å². The zero-order valence-electron chi connectivity index (χ0n) is 8.88. The summed E-state index contributed by atoms with van der Waals surface area (Å²) in [7, 11) is 1.75. The number of methoxy groups -OCH3 is 1. The van der Waals surface area contributed by atoms with Gasteiger partial charge in [-0.25, -0.2) is 0 Å². The van der Waals surface area contributed by atoms with Crippen molar-refractivity contribution in [1.29, 1.82) is 0 Å². The molecule has 2 N–H and O–H groups in total. The van der Waals surface area contributed by atoms with Crippen LogP contribution in [0.1, 0.15) is 26.7 Å². The van der Waals surface area contributed by atoms with Gasteiger partial charge in [0.1, 0.15) is 0 Å². The minimum absolute atomic E-state index is 0.338. The summed E-state index contributed by atoms with van der Waals surface area (Å²) in [6, 6.07) is 0.356. The van der Waals surface area contributed by atoms with Gasteiger partial charge in [-0.05, 0) is 18.3 Å². The summed E-state index contributed by atoms with van der Waals surface area (Å²) in [6.07, 6.45) is 2.53. The van der Waals surface area contributed by atoms with E-state index in [2.05, 4.69) is 13.8 Å². The Kier molecular flexibility index (Phi) is 4.07. The lowest BCUT2D eigenvalue weighted by Gasteiger charge is -2.26. The topological polar surface area (TPSA) is 35.2 Å². The molecule has 78 valence electrons. The van der Waals surface area contributed by atoms with Gasteiger partial charge in [-0.1, -0.05) is 13.8 Å². The summed E-state index contributed by atoms with van der Waals surface area (Å²) in [6.45, 7) is 5.39. The number of ether oxygens (including phenoxy) is 1. The third kappa shape index (κ3) is 2.86. The van der Waals surface area contributed by atoms with Crippen molar-refractivity contribution in [3.8, 4) is 0 Å². The largest absolute Gasteiger partial charge is 0.384 e. The van der Waals surface area contributed by atoms with E-state index in [0.29, 0.717) is 16.7 Å². The van der Waals surface area contributed by atoms with Gasteiger partial charge in [0.15, 0.2) is 0 Å². The SMILES string of the molecule is COCCSC1CCC(C)(C)C1N. The van der Waals surface area contributed by atoms with Crippen molar-refractivity contribution >= 4 is 11.8 Å². The summed E-state index contributed by atoms with van der Waals surface area (Å²) in [5.41, 5.74) is 6.52. The van der Waals surface area contributed by atoms with Crippen molar-refractivity contribution in [3.05, 3.63) is 0 Å². The Morgan fingerprint density at radius 1 is 1.54 bits per heavy atom. The molecule has 3 heteroatoms. The molecule has 2 atom stereocenters. The van der Waals surface area contributed by atoms with E-state index in [1.54, 1.807) is 7.11 Å². The van der Waals surface area contributed by atoms with Crippen molar-refractivity contribution in [1.82, 2.24) is 0 Å². The van der Waals surface area contributed by atoms with Crippen LogP contribution in [0.15, 0.2) is 0 Å². The van der Waals surface area contributed by atoms with E-state index < -0.39 is 0 Å². The van der Waals surface area contributed by atoms with Crippen LogP contribution in [0, 0.1) is 5.41 Å². The van der Waals surface area contributed by atoms with Gasteiger partial charge in [0, 0.05) is 24.2 Å². The molecule has 0 aromatic heterocycles. The highest BCUT2D eigenvalue weighted by atomic mass is 32.2. The van der Waals surface area contributed by atoms with Crippen molar-refractivity contribution in [3.63, 3.8) is 0 Å². The molecule has 13 heavy (non-hydrogen) atoms. The summed E-state index contributed by atoms with van der Waals surface area (Å²) >= 11 is 1.97. The Hall–Kier alpha value is 0.270. The zero-order chi connectivity index (χ0) is 9.90. The summed E-state index contributed by atoms with van der Waals surface area (Å²) in [5, 5.41) is 0.644. The molecular weight excluding hydrogens is 182 g/mol. The van der Waals surface area contributed by atoms with Crippen LogP contribution in [0.3, 0.4) is 0 Å². The minimum Gasteiger partial charge on any atom is -0.384 e. The number of hydrogen-bond donors (Lipinski definition) is 1. The van der Waals surface area contributed by atoms with Crippen LogP contribution in [0.2, 0.25) is 0 Å². The van der Waals surface area contributed by atoms with Gasteiger partial charge in [0.25, 0.3) is 0 Å². The average molecular weight is 203 g/mol. The lowest BCUT2D eigenvalue weighted by molar-refractivity contribution is 0.218. The highest BCUT2D eigenvalue weighted by Gasteiger charge is 2.39. The summed E-state index contributed by atoms with van der Waals surface area (Å²) in [4.78, 5) is 0. The number of nitrogens with two attached hydrogens (primary N) is 1. The van der Waals surface area contributed by atoms with Gasteiger partial charge in [-0.15, -0.1) is 0 Å². The van der Waals surface area contributed by atoms with Gasteiger partial charge in [-0.2, -0.15) is 11.8 Å². The predicted octanol–water partition coefficient (Wildman–Crippen LogP) is 1.88. The molecular formula is C10H21NOS. The molecule has 1 saturated carbocycles. The standard InChI is InChI=1S/C10H21NOS/c1-10(2)5-4-8(9(10)11)13-7-6-12-3/h8-9H,4-7,11H2,1-3H3. The first kappa shape index (κ1) is 11.3. The number of hydrogen-bond acceptors (Lipinski definition) is 3. The molecule has 2 nitrogen and oxygen atoms in total. The average Bonchev–Trinajstić information content (AvgIpc) is 2.32. The molecule has 0 radical (unpaired) electrons. The fourth-order valence-electron chi connectivity index (χ4n) is 1.83. The Balaban J connectivity index is 2.29. The van der Waals surface area contributed by atoms with E-state index in [4.69, 9.17) is 10.5 Å². The molecule has 0 spiro atoms. The smallest absolute Gasteiger partial charge is 0.0553 e. The van der Waals surface area contributed by atoms with Crippen LogP contribution in [-0.4, -0.2) is 30.8 Å². The van der Waals surface area contributed by atoms with Crippen LogP contribution in [0.4, 0.5) is 0 Å². The second-order valence-corrected chi connectivity index (χ2v) is 5.80. The Labute approximate surface area is 85.6 Å². The normalized spacial score (nSPS) is 32.3. The first-order valence-electron chi connectivity index (χ1n) is 4.94. The van der Waals surface area contributed by atoms with Crippen molar-refractivity contribution in [2.45, 2.75) is 38.0 Å². The second kappa shape index (κ2) is 4.67. The zero-order valence-corrected chi connectivity index (χ0v) is 9.69. The minimum atomic E-state index is 0.338. The van der Waals surface area contributed by atoms with Crippen LogP contribution in [-0.2, 0) is 4.74 Å². The summed E-state index contributed by atoms with van der Waals surface area (Å²) < 4.78 is 5.03. The summed E-state index contributed by atoms with van der Waals surface area (Å²) in [5.74, 6) is 1.07. The molecule has 0 aromatic rings. The van der Waals surface area contributed by atoms with E-state index in [1.807, 2.05) is 11.8 Å². The maximum Gasteiger partial charge on any atom is 0.0553 e. The fraction of sp³-hybridized carbons (Fsp3) is 1.00. The van der Waals surface area contributed by atoms with E-state index >= 15 is 0 Å². The molecule has 1 aliphatic rings. The van der Waals surface area contributed by atoms with Gasteiger partial charge < -0.3 is 10.5 Å².